The van der Waals surface area contributed by atoms with Crippen molar-refractivity contribution in [2.75, 3.05) is 20.7 Å². The molecule has 0 amide bonds. The summed E-state index contributed by atoms with van der Waals surface area (Å²) in [6, 6.07) is 4.03. The van der Waals surface area contributed by atoms with Crippen molar-refractivity contribution in [1.29, 1.82) is 0 Å². The van der Waals surface area contributed by atoms with Crippen LogP contribution in [-0.2, 0) is 6.18 Å². The van der Waals surface area contributed by atoms with E-state index in [9.17, 15) is 13.2 Å². The predicted molar refractivity (Wildman–Crippen MR) is 65.6 cm³/mol. The van der Waals surface area contributed by atoms with Gasteiger partial charge in [-0.05, 0) is 37.7 Å². The van der Waals surface area contributed by atoms with Crippen LogP contribution < -0.4 is 10.1 Å². The zero-order valence-electron chi connectivity index (χ0n) is 10.3. The smallest absolute Gasteiger partial charge is 0.419 e. The third-order valence-corrected chi connectivity index (χ3v) is 2.40. The Kier molecular flexibility index (Phi) is 5.22. The Labute approximate surface area is 104 Å². The quantitative estimate of drug-likeness (QED) is 0.819. The Morgan fingerprint density at radius 2 is 2.06 bits per heavy atom. The van der Waals surface area contributed by atoms with Crippen molar-refractivity contribution in [2.45, 2.75) is 12.6 Å². The molecule has 1 N–H and O–H groups in total. The highest BCUT2D eigenvalue weighted by molar-refractivity contribution is 5.54. The summed E-state index contributed by atoms with van der Waals surface area (Å²) in [7, 11) is 3.05. The van der Waals surface area contributed by atoms with Crippen LogP contribution in [0.4, 0.5) is 13.2 Å². The van der Waals surface area contributed by atoms with Gasteiger partial charge < -0.3 is 10.1 Å². The first-order valence-corrected chi connectivity index (χ1v) is 5.55. The van der Waals surface area contributed by atoms with Gasteiger partial charge in [-0.15, -0.1) is 0 Å². The van der Waals surface area contributed by atoms with Gasteiger partial charge in [-0.1, -0.05) is 18.2 Å². The van der Waals surface area contributed by atoms with Crippen LogP contribution in [0.15, 0.2) is 24.3 Å². The normalized spacial score (nSPS) is 12.1. The minimum atomic E-state index is -4.40. The summed E-state index contributed by atoms with van der Waals surface area (Å²) >= 11 is 0. The van der Waals surface area contributed by atoms with Crippen molar-refractivity contribution in [3.63, 3.8) is 0 Å². The minimum absolute atomic E-state index is 0.158. The van der Waals surface area contributed by atoms with Gasteiger partial charge >= 0.3 is 6.18 Å². The predicted octanol–water partition coefficient (Wildman–Crippen LogP) is 3.34. The molecule has 2 nitrogen and oxygen atoms in total. The van der Waals surface area contributed by atoms with Crippen LogP contribution in [-0.4, -0.2) is 20.7 Å². The molecule has 0 saturated carbocycles. The van der Waals surface area contributed by atoms with E-state index in [1.54, 1.807) is 12.1 Å². The van der Waals surface area contributed by atoms with Crippen LogP contribution in [0, 0.1) is 0 Å². The summed E-state index contributed by atoms with van der Waals surface area (Å²) in [5.41, 5.74) is -0.236. The second kappa shape index (κ2) is 6.44. The van der Waals surface area contributed by atoms with E-state index in [1.807, 2.05) is 13.1 Å². The molecule has 0 atom stereocenters. The molecule has 1 rings (SSSR count). The van der Waals surface area contributed by atoms with Crippen LogP contribution in [0.2, 0.25) is 0 Å². The lowest BCUT2D eigenvalue weighted by atomic mass is 10.1. The fourth-order valence-electron chi connectivity index (χ4n) is 1.50. The van der Waals surface area contributed by atoms with Crippen LogP contribution in [0.1, 0.15) is 17.5 Å². The van der Waals surface area contributed by atoms with E-state index in [-0.39, 0.29) is 5.75 Å². The van der Waals surface area contributed by atoms with E-state index in [2.05, 4.69) is 5.32 Å². The first-order valence-electron chi connectivity index (χ1n) is 5.55. The molecule has 100 valence electrons. The maximum absolute atomic E-state index is 12.7. The van der Waals surface area contributed by atoms with Crippen LogP contribution in [0.5, 0.6) is 5.75 Å². The second-order valence-corrected chi connectivity index (χ2v) is 3.75. The molecule has 0 unspecified atom stereocenters. The van der Waals surface area contributed by atoms with E-state index in [0.29, 0.717) is 5.56 Å². The molecule has 0 heterocycles. The summed E-state index contributed by atoms with van der Waals surface area (Å²) in [5.74, 6) is -0.158. The van der Waals surface area contributed by atoms with Gasteiger partial charge in [-0.25, -0.2) is 0 Å². The number of benzene rings is 1. The van der Waals surface area contributed by atoms with E-state index in [0.717, 1.165) is 19.0 Å². The molecule has 0 aliphatic heterocycles. The molecule has 0 radical (unpaired) electrons. The molecule has 0 aromatic heterocycles. The Balaban J connectivity index is 2.93. The van der Waals surface area contributed by atoms with Crippen molar-refractivity contribution in [1.82, 2.24) is 5.32 Å². The average molecular weight is 259 g/mol. The molecule has 0 aliphatic carbocycles. The average Bonchev–Trinajstić information content (AvgIpc) is 2.33. The number of hydrogen-bond donors (Lipinski definition) is 1. The zero-order valence-corrected chi connectivity index (χ0v) is 10.3. The van der Waals surface area contributed by atoms with Crippen molar-refractivity contribution < 1.29 is 17.9 Å². The van der Waals surface area contributed by atoms with Gasteiger partial charge in [-0.2, -0.15) is 13.2 Å². The van der Waals surface area contributed by atoms with Crippen LogP contribution >= 0.6 is 0 Å². The Hall–Kier alpha value is -1.49. The molecular weight excluding hydrogens is 243 g/mol. The Morgan fingerprint density at radius 3 is 2.61 bits per heavy atom. The first-order chi connectivity index (χ1) is 8.49. The molecule has 18 heavy (non-hydrogen) atoms. The van der Waals surface area contributed by atoms with Crippen molar-refractivity contribution in [2.24, 2.45) is 0 Å². The number of nitrogens with one attached hydrogen (secondary N) is 1. The van der Waals surface area contributed by atoms with Crippen molar-refractivity contribution in [3.8, 4) is 5.75 Å². The van der Waals surface area contributed by atoms with E-state index >= 15 is 0 Å². The highest BCUT2D eigenvalue weighted by atomic mass is 19.4. The van der Waals surface area contributed by atoms with Gasteiger partial charge in [0.2, 0.25) is 0 Å². The fraction of sp³-hybridized carbons (Fsp3) is 0.385. The van der Waals surface area contributed by atoms with Gasteiger partial charge in [0.05, 0.1) is 12.7 Å². The summed E-state index contributed by atoms with van der Waals surface area (Å²) in [5, 5.41) is 2.96. The number of alkyl halides is 3. The molecular formula is C13H16F3NO. The third-order valence-electron chi connectivity index (χ3n) is 2.40. The highest BCUT2D eigenvalue weighted by Crippen LogP contribution is 2.36. The van der Waals surface area contributed by atoms with Gasteiger partial charge in [-0.3, -0.25) is 0 Å². The molecule has 0 spiro atoms. The summed E-state index contributed by atoms with van der Waals surface area (Å²) in [4.78, 5) is 0. The Morgan fingerprint density at radius 1 is 1.33 bits per heavy atom. The standard InChI is InChI=1S/C13H16F3NO/c1-17-8-4-3-5-10-6-7-12(18-2)11(9-10)13(14,15)16/h3,5-7,9,17H,4,8H2,1-2H3. The fourth-order valence-corrected chi connectivity index (χ4v) is 1.50. The molecule has 0 bridgehead atoms. The summed E-state index contributed by atoms with van der Waals surface area (Å²) in [6.07, 6.45) is -0.130. The van der Waals surface area contributed by atoms with Gasteiger partial charge in [0, 0.05) is 0 Å². The molecule has 1 aromatic carbocycles. The lowest BCUT2D eigenvalue weighted by Crippen LogP contribution is -2.07. The Bertz CT molecular complexity index is 413. The van der Waals surface area contributed by atoms with E-state index in [1.165, 1.54) is 13.2 Å². The molecule has 0 saturated heterocycles. The van der Waals surface area contributed by atoms with Crippen molar-refractivity contribution >= 4 is 6.08 Å². The lowest BCUT2D eigenvalue weighted by Gasteiger charge is -2.12. The number of ether oxygens (including phenoxy) is 1. The number of methoxy groups -OCH3 is 1. The topological polar surface area (TPSA) is 21.3 Å². The van der Waals surface area contributed by atoms with Gasteiger partial charge in [0.25, 0.3) is 0 Å². The maximum atomic E-state index is 12.7. The zero-order chi connectivity index (χ0) is 13.6. The third kappa shape index (κ3) is 4.07. The lowest BCUT2D eigenvalue weighted by molar-refractivity contribution is -0.138. The molecule has 1 aromatic rings. The second-order valence-electron chi connectivity index (χ2n) is 3.75. The maximum Gasteiger partial charge on any atom is 0.419 e. The van der Waals surface area contributed by atoms with Crippen molar-refractivity contribution in [3.05, 3.63) is 35.4 Å². The molecule has 0 aliphatic rings. The number of halogens is 3. The summed E-state index contributed by atoms with van der Waals surface area (Å²) < 4.78 is 42.9. The van der Waals surface area contributed by atoms with Crippen LogP contribution in [0.25, 0.3) is 6.08 Å². The number of rotatable bonds is 5. The number of hydrogen-bond acceptors (Lipinski definition) is 2. The molecule has 0 fully saturated rings. The SMILES string of the molecule is CNCCC=Cc1ccc(OC)c(C(F)(F)F)c1. The minimum Gasteiger partial charge on any atom is -0.496 e. The van der Waals surface area contributed by atoms with Gasteiger partial charge in [0.15, 0.2) is 0 Å². The monoisotopic (exact) mass is 259 g/mol. The largest absolute Gasteiger partial charge is 0.496 e. The van der Waals surface area contributed by atoms with Crippen LogP contribution in [0.3, 0.4) is 0 Å². The van der Waals surface area contributed by atoms with Gasteiger partial charge in [0.1, 0.15) is 5.75 Å². The summed E-state index contributed by atoms with van der Waals surface area (Å²) in [6.45, 7) is 0.790. The molecule has 5 heteroatoms. The first kappa shape index (κ1) is 14.6. The highest BCUT2D eigenvalue weighted by Gasteiger charge is 2.34. The van der Waals surface area contributed by atoms with E-state index < -0.39 is 11.7 Å². The van der Waals surface area contributed by atoms with E-state index in [4.69, 9.17) is 4.74 Å².